The van der Waals surface area contributed by atoms with Crippen LogP contribution in [0.15, 0.2) is 24.3 Å². The van der Waals surface area contributed by atoms with Crippen LogP contribution >= 0.6 is 0 Å². The van der Waals surface area contributed by atoms with E-state index >= 15 is 0 Å². The van der Waals surface area contributed by atoms with Crippen LogP contribution in [-0.4, -0.2) is 37.1 Å². The van der Waals surface area contributed by atoms with Crippen molar-refractivity contribution in [2.24, 2.45) is 5.41 Å². The lowest BCUT2D eigenvalue weighted by atomic mass is 9.86. The van der Waals surface area contributed by atoms with Crippen molar-refractivity contribution in [2.45, 2.75) is 46.6 Å². The Kier molecular flexibility index (Phi) is 5.22. The van der Waals surface area contributed by atoms with Gasteiger partial charge in [-0.2, -0.15) is 0 Å². The monoisotopic (exact) mass is 274 g/mol. The molecule has 0 bridgehead atoms. The molecule has 1 heterocycles. The lowest BCUT2D eigenvalue weighted by molar-refractivity contribution is 0.178. The average molecular weight is 274 g/mol. The minimum absolute atomic E-state index is 0.315. The summed E-state index contributed by atoms with van der Waals surface area (Å²) in [7, 11) is 0. The Morgan fingerprint density at radius 2 is 1.65 bits per heavy atom. The Balaban J connectivity index is 1.98. The zero-order valence-corrected chi connectivity index (χ0v) is 13.6. The van der Waals surface area contributed by atoms with Gasteiger partial charge in [-0.1, -0.05) is 52.0 Å². The molecule has 1 unspecified atom stereocenters. The summed E-state index contributed by atoms with van der Waals surface area (Å²) in [6.45, 7) is 13.8. The first-order valence-corrected chi connectivity index (χ1v) is 8.03. The Bertz CT molecular complexity index is 393. The SMILES string of the molecule is CCNC(CN1CCc2ccccc2CC1)C(C)(C)C. The number of fused-ring (bicyclic) bond motifs is 1. The van der Waals surface area contributed by atoms with Crippen LogP contribution in [0.1, 0.15) is 38.8 Å². The van der Waals surface area contributed by atoms with Crippen LogP contribution < -0.4 is 5.32 Å². The van der Waals surface area contributed by atoms with Gasteiger partial charge in [0.25, 0.3) is 0 Å². The van der Waals surface area contributed by atoms with Crippen molar-refractivity contribution < 1.29 is 0 Å². The molecule has 0 aromatic heterocycles. The van der Waals surface area contributed by atoms with Crippen LogP contribution in [0.4, 0.5) is 0 Å². The molecule has 112 valence electrons. The van der Waals surface area contributed by atoms with E-state index in [4.69, 9.17) is 0 Å². The number of likely N-dealkylation sites (N-methyl/N-ethyl adjacent to an activating group) is 1. The standard InChI is InChI=1S/C18H30N2/c1-5-19-17(18(2,3)4)14-20-12-10-15-8-6-7-9-16(15)11-13-20/h6-9,17,19H,5,10-14H2,1-4H3. The molecule has 0 radical (unpaired) electrons. The molecule has 1 aromatic rings. The van der Waals surface area contributed by atoms with Crippen LogP contribution in [0.25, 0.3) is 0 Å². The van der Waals surface area contributed by atoms with E-state index in [0.29, 0.717) is 11.5 Å². The van der Waals surface area contributed by atoms with E-state index in [1.165, 1.54) is 25.9 Å². The van der Waals surface area contributed by atoms with Gasteiger partial charge in [-0.25, -0.2) is 0 Å². The van der Waals surface area contributed by atoms with Gasteiger partial charge in [-0.05, 0) is 35.9 Å². The van der Waals surface area contributed by atoms with Crippen LogP contribution in [-0.2, 0) is 12.8 Å². The van der Waals surface area contributed by atoms with E-state index in [1.54, 1.807) is 11.1 Å². The van der Waals surface area contributed by atoms with Gasteiger partial charge in [0.05, 0.1) is 0 Å². The lowest BCUT2D eigenvalue weighted by Gasteiger charge is -2.35. The Morgan fingerprint density at radius 3 is 2.10 bits per heavy atom. The zero-order chi connectivity index (χ0) is 14.6. The molecule has 1 aromatic carbocycles. The summed E-state index contributed by atoms with van der Waals surface area (Å²) in [6.07, 6.45) is 2.39. The maximum absolute atomic E-state index is 3.67. The Hall–Kier alpha value is -0.860. The summed E-state index contributed by atoms with van der Waals surface area (Å²) in [4.78, 5) is 2.64. The van der Waals surface area contributed by atoms with E-state index < -0.39 is 0 Å². The van der Waals surface area contributed by atoms with Crippen molar-refractivity contribution in [3.05, 3.63) is 35.4 Å². The molecule has 1 atom stereocenters. The largest absolute Gasteiger partial charge is 0.312 e. The second-order valence-electron chi connectivity index (χ2n) is 7.05. The van der Waals surface area contributed by atoms with Crippen LogP contribution in [0.3, 0.4) is 0 Å². The minimum atomic E-state index is 0.315. The highest BCUT2D eigenvalue weighted by molar-refractivity contribution is 5.28. The first kappa shape index (κ1) is 15.5. The van der Waals surface area contributed by atoms with E-state index in [0.717, 1.165) is 13.1 Å². The predicted molar refractivity (Wildman–Crippen MR) is 87.2 cm³/mol. The summed E-state index contributed by atoms with van der Waals surface area (Å²) in [5.41, 5.74) is 3.41. The van der Waals surface area contributed by atoms with Crippen molar-refractivity contribution in [2.75, 3.05) is 26.2 Å². The Morgan fingerprint density at radius 1 is 1.10 bits per heavy atom. The fourth-order valence-corrected chi connectivity index (χ4v) is 3.05. The number of hydrogen-bond donors (Lipinski definition) is 1. The minimum Gasteiger partial charge on any atom is -0.312 e. The molecule has 0 spiro atoms. The van der Waals surface area contributed by atoms with Crippen molar-refractivity contribution in [3.63, 3.8) is 0 Å². The first-order valence-electron chi connectivity index (χ1n) is 8.03. The highest BCUT2D eigenvalue weighted by Crippen LogP contribution is 2.22. The van der Waals surface area contributed by atoms with Crippen LogP contribution in [0.5, 0.6) is 0 Å². The van der Waals surface area contributed by atoms with Crippen LogP contribution in [0.2, 0.25) is 0 Å². The molecule has 20 heavy (non-hydrogen) atoms. The van der Waals surface area contributed by atoms with Crippen molar-refractivity contribution >= 4 is 0 Å². The zero-order valence-electron chi connectivity index (χ0n) is 13.6. The second-order valence-corrected chi connectivity index (χ2v) is 7.05. The van der Waals surface area contributed by atoms with Gasteiger partial charge in [0, 0.05) is 25.7 Å². The normalized spacial score (nSPS) is 18.4. The molecule has 0 saturated heterocycles. The summed E-state index contributed by atoms with van der Waals surface area (Å²) in [5, 5.41) is 3.67. The van der Waals surface area contributed by atoms with Crippen molar-refractivity contribution in [3.8, 4) is 0 Å². The maximum Gasteiger partial charge on any atom is 0.0243 e. The highest BCUT2D eigenvalue weighted by atomic mass is 15.2. The molecule has 0 saturated carbocycles. The molecule has 1 N–H and O–H groups in total. The third-order valence-electron chi connectivity index (χ3n) is 4.45. The van der Waals surface area contributed by atoms with Crippen molar-refractivity contribution in [1.29, 1.82) is 0 Å². The van der Waals surface area contributed by atoms with Gasteiger partial charge in [-0.3, -0.25) is 0 Å². The third kappa shape index (κ3) is 4.07. The third-order valence-corrected chi connectivity index (χ3v) is 4.45. The number of hydrogen-bond acceptors (Lipinski definition) is 2. The topological polar surface area (TPSA) is 15.3 Å². The average Bonchev–Trinajstić information content (AvgIpc) is 2.60. The summed E-state index contributed by atoms with van der Waals surface area (Å²) >= 11 is 0. The van der Waals surface area contributed by atoms with Gasteiger partial charge in [0.1, 0.15) is 0 Å². The predicted octanol–water partition coefficient (Wildman–Crippen LogP) is 3.11. The smallest absolute Gasteiger partial charge is 0.0243 e. The van der Waals surface area contributed by atoms with Crippen molar-refractivity contribution in [1.82, 2.24) is 10.2 Å². The van der Waals surface area contributed by atoms with Gasteiger partial charge < -0.3 is 10.2 Å². The molecule has 2 rings (SSSR count). The molecular formula is C18H30N2. The molecule has 2 nitrogen and oxygen atoms in total. The number of rotatable bonds is 4. The molecule has 1 aliphatic rings. The summed E-state index contributed by atoms with van der Waals surface area (Å²) in [5.74, 6) is 0. The number of nitrogens with zero attached hydrogens (tertiary/aromatic N) is 1. The Labute approximate surface area is 124 Å². The molecule has 0 aliphatic carbocycles. The van der Waals surface area contributed by atoms with Gasteiger partial charge in [-0.15, -0.1) is 0 Å². The lowest BCUT2D eigenvalue weighted by Crippen LogP contribution is -2.49. The summed E-state index contributed by atoms with van der Waals surface area (Å²) in [6, 6.07) is 9.50. The molecular weight excluding hydrogens is 244 g/mol. The van der Waals surface area contributed by atoms with E-state index in [9.17, 15) is 0 Å². The highest BCUT2D eigenvalue weighted by Gasteiger charge is 2.26. The molecule has 2 heteroatoms. The summed E-state index contributed by atoms with van der Waals surface area (Å²) < 4.78 is 0. The van der Waals surface area contributed by atoms with Gasteiger partial charge in [0.2, 0.25) is 0 Å². The van der Waals surface area contributed by atoms with E-state index in [-0.39, 0.29) is 0 Å². The van der Waals surface area contributed by atoms with Gasteiger partial charge >= 0.3 is 0 Å². The quantitative estimate of drug-likeness (QED) is 0.907. The maximum atomic E-state index is 3.67. The fraction of sp³-hybridized carbons (Fsp3) is 0.667. The number of benzene rings is 1. The molecule has 0 fully saturated rings. The first-order chi connectivity index (χ1) is 9.50. The molecule has 1 aliphatic heterocycles. The molecule has 0 amide bonds. The number of nitrogens with one attached hydrogen (secondary N) is 1. The second kappa shape index (κ2) is 6.73. The van der Waals surface area contributed by atoms with Crippen LogP contribution in [0, 0.1) is 5.41 Å². The van der Waals surface area contributed by atoms with E-state index in [2.05, 4.69) is 62.2 Å². The van der Waals surface area contributed by atoms with E-state index in [1.807, 2.05) is 0 Å². The van der Waals surface area contributed by atoms with Gasteiger partial charge in [0.15, 0.2) is 0 Å². The fourth-order valence-electron chi connectivity index (χ4n) is 3.05.